The Morgan fingerprint density at radius 1 is 1.46 bits per heavy atom. The minimum absolute atomic E-state index is 0. The fourth-order valence-corrected chi connectivity index (χ4v) is 3.75. The molecule has 8 heteroatoms. The van der Waals surface area contributed by atoms with E-state index in [1.807, 2.05) is 24.8 Å². The average Bonchev–Trinajstić information content (AvgIpc) is 2.58. The SMILES string of the molecule is CCNC(=NCc1ccccc1[N+](=O)[O-])N1CCSC(CC)C1.I. The van der Waals surface area contributed by atoms with E-state index in [9.17, 15) is 10.1 Å². The number of hydrogen-bond donors (Lipinski definition) is 1. The number of thioether (sulfide) groups is 1. The zero-order valence-electron chi connectivity index (χ0n) is 14.1. The number of halogens is 1. The number of nitrogens with zero attached hydrogens (tertiary/aromatic N) is 3. The molecule has 6 nitrogen and oxygen atoms in total. The van der Waals surface area contributed by atoms with Gasteiger partial charge in [-0.2, -0.15) is 11.8 Å². The van der Waals surface area contributed by atoms with Crippen LogP contribution in [0.3, 0.4) is 0 Å². The normalized spacial score (nSPS) is 18.0. The minimum atomic E-state index is -0.345. The average molecular weight is 464 g/mol. The Morgan fingerprint density at radius 2 is 2.21 bits per heavy atom. The molecule has 2 rings (SSSR count). The van der Waals surface area contributed by atoms with Crippen LogP contribution in [0.2, 0.25) is 0 Å². The molecule has 24 heavy (non-hydrogen) atoms. The number of hydrogen-bond acceptors (Lipinski definition) is 4. The number of aliphatic imine (C=N–C) groups is 1. The van der Waals surface area contributed by atoms with Crippen LogP contribution in [0.25, 0.3) is 0 Å². The molecule has 0 aliphatic carbocycles. The van der Waals surface area contributed by atoms with Gasteiger partial charge in [0.1, 0.15) is 0 Å². The van der Waals surface area contributed by atoms with Crippen molar-refractivity contribution in [3.8, 4) is 0 Å². The third-order valence-corrected chi connectivity index (χ3v) is 5.19. The van der Waals surface area contributed by atoms with Crippen LogP contribution in [0.5, 0.6) is 0 Å². The van der Waals surface area contributed by atoms with E-state index in [-0.39, 0.29) is 34.6 Å². The summed E-state index contributed by atoms with van der Waals surface area (Å²) in [6.07, 6.45) is 1.14. The fourth-order valence-electron chi connectivity index (χ4n) is 2.57. The molecule has 0 amide bonds. The molecule has 0 saturated carbocycles. The fraction of sp³-hybridized carbons (Fsp3) is 0.562. The molecule has 1 unspecified atom stereocenters. The van der Waals surface area contributed by atoms with E-state index in [0.717, 1.165) is 37.8 Å². The van der Waals surface area contributed by atoms with Crippen molar-refractivity contribution in [1.82, 2.24) is 10.2 Å². The summed E-state index contributed by atoms with van der Waals surface area (Å²) in [6.45, 7) is 7.29. The Labute approximate surface area is 164 Å². The first-order valence-electron chi connectivity index (χ1n) is 8.02. The van der Waals surface area contributed by atoms with Crippen molar-refractivity contribution < 1.29 is 4.92 Å². The maximum absolute atomic E-state index is 11.1. The third-order valence-electron chi connectivity index (χ3n) is 3.82. The van der Waals surface area contributed by atoms with Gasteiger partial charge in [0.2, 0.25) is 0 Å². The Bertz CT molecular complexity index is 571. The molecule has 1 aromatic carbocycles. The largest absolute Gasteiger partial charge is 0.357 e. The van der Waals surface area contributed by atoms with E-state index in [0.29, 0.717) is 17.4 Å². The second-order valence-electron chi connectivity index (χ2n) is 5.40. The highest BCUT2D eigenvalue weighted by Gasteiger charge is 2.21. The smallest absolute Gasteiger partial charge is 0.274 e. The lowest BCUT2D eigenvalue weighted by Gasteiger charge is -2.34. The minimum Gasteiger partial charge on any atom is -0.357 e. The van der Waals surface area contributed by atoms with E-state index in [2.05, 4.69) is 22.1 Å². The molecule has 1 aliphatic rings. The van der Waals surface area contributed by atoms with Crippen molar-refractivity contribution in [3.05, 3.63) is 39.9 Å². The van der Waals surface area contributed by atoms with Gasteiger partial charge in [0.25, 0.3) is 5.69 Å². The number of benzene rings is 1. The number of nitrogens with one attached hydrogen (secondary N) is 1. The van der Waals surface area contributed by atoms with Crippen LogP contribution in [-0.4, -0.2) is 46.4 Å². The van der Waals surface area contributed by atoms with Crippen LogP contribution in [0.4, 0.5) is 5.69 Å². The van der Waals surface area contributed by atoms with Crippen LogP contribution >= 0.6 is 35.7 Å². The third kappa shape index (κ3) is 5.80. The lowest BCUT2D eigenvalue weighted by atomic mass is 10.2. The van der Waals surface area contributed by atoms with Crippen molar-refractivity contribution in [1.29, 1.82) is 0 Å². The lowest BCUT2D eigenvalue weighted by Crippen LogP contribution is -2.48. The monoisotopic (exact) mass is 464 g/mol. The van der Waals surface area contributed by atoms with Gasteiger partial charge in [0.05, 0.1) is 17.0 Å². The zero-order valence-corrected chi connectivity index (χ0v) is 17.3. The van der Waals surface area contributed by atoms with Crippen LogP contribution in [0.15, 0.2) is 29.3 Å². The predicted octanol–water partition coefficient (Wildman–Crippen LogP) is 3.51. The van der Waals surface area contributed by atoms with Gasteiger partial charge in [0.15, 0.2) is 5.96 Å². The van der Waals surface area contributed by atoms with Crippen LogP contribution in [0.1, 0.15) is 25.8 Å². The second-order valence-corrected chi connectivity index (χ2v) is 6.81. The van der Waals surface area contributed by atoms with Gasteiger partial charge < -0.3 is 10.2 Å². The molecule has 134 valence electrons. The summed E-state index contributed by atoms with van der Waals surface area (Å²) in [5.41, 5.74) is 0.777. The standard InChI is InChI=1S/C16H24N4O2S.HI/c1-3-14-12-19(9-10-23-14)16(17-4-2)18-11-13-7-5-6-8-15(13)20(21)22;/h5-8,14H,3-4,9-12H2,1-2H3,(H,17,18);1H. The highest BCUT2D eigenvalue weighted by atomic mass is 127. The molecule has 0 bridgehead atoms. The molecule has 1 fully saturated rings. The van der Waals surface area contributed by atoms with Gasteiger partial charge in [-0.25, -0.2) is 4.99 Å². The van der Waals surface area contributed by atoms with E-state index >= 15 is 0 Å². The summed E-state index contributed by atoms with van der Waals surface area (Å²) >= 11 is 2.01. The van der Waals surface area contributed by atoms with Gasteiger partial charge in [-0.3, -0.25) is 10.1 Å². The van der Waals surface area contributed by atoms with Gasteiger partial charge in [0, 0.05) is 36.7 Å². The van der Waals surface area contributed by atoms with Crippen molar-refractivity contribution in [2.24, 2.45) is 4.99 Å². The number of nitro benzene ring substituents is 1. The molecule has 1 N–H and O–H groups in total. The van der Waals surface area contributed by atoms with Gasteiger partial charge in [-0.15, -0.1) is 24.0 Å². The lowest BCUT2D eigenvalue weighted by molar-refractivity contribution is -0.385. The van der Waals surface area contributed by atoms with Crippen molar-refractivity contribution in [2.75, 3.05) is 25.4 Å². The first-order valence-corrected chi connectivity index (χ1v) is 9.07. The molecule has 1 aromatic rings. The van der Waals surface area contributed by atoms with E-state index < -0.39 is 0 Å². The van der Waals surface area contributed by atoms with Gasteiger partial charge >= 0.3 is 0 Å². The van der Waals surface area contributed by atoms with Crippen molar-refractivity contribution >= 4 is 47.4 Å². The Hall–Kier alpha value is -1.03. The summed E-state index contributed by atoms with van der Waals surface area (Å²) < 4.78 is 0. The summed E-state index contributed by atoms with van der Waals surface area (Å²) in [6, 6.07) is 6.80. The number of para-hydroxylation sites is 1. The van der Waals surface area contributed by atoms with Crippen molar-refractivity contribution in [2.45, 2.75) is 32.1 Å². The highest BCUT2D eigenvalue weighted by molar-refractivity contribution is 14.0. The quantitative estimate of drug-likeness (QED) is 0.238. The van der Waals surface area contributed by atoms with E-state index in [1.54, 1.807) is 12.1 Å². The number of nitro groups is 1. The van der Waals surface area contributed by atoms with Crippen LogP contribution < -0.4 is 5.32 Å². The number of guanidine groups is 1. The Kier molecular flexibility index (Phi) is 9.42. The summed E-state index contributed by atoms with van der Waals surface area (Å²) in [5, 5.41) is 15.0. The maximum atomic E-state index is 11.1. The first-order chi connectivity index (χ1) is 11.2. The summed E-state index contributed by atoms with van der Waals surface area (Å²) in [5.74, 6) is 1.94. The zero-order chi connectivity index (χ0) is 16.7. The topological polar surface area (TPSA) is 70.8 Å². The first kappa shape index (κ1) is 21.0. The van der Waals surface area contributed by atoms with Gasteiger partial charge in [-0.05, 0) is 13.3 Å². The molecule has 0 aromatic heterocycles. The van der Waals surface area contributed by atoms with Crippen LogP contribution in [0, 0.1) is 10.1 Å². The molecule has 1 heterocycles. The predicted molar refractivity (Wildman–Crippen MR) is 111 cm³/mol. The van der Waals surface area contributed by atoms with Crippen molar-refractivity contribution in [3.63, 3.8) is 0 Å². The Morgan fingerprint density at radius 3 is 2.88 bits per heavy atom. The van der Waals surface area contributed by atoms with Crippen LogP contribution in [-0.2, 0) is 6.54 Å². The molecule has 1 saturated heterocycles. The molecular weight excluding hydrogens is 439 g/mol. The molecule has 1 aliphatic heterocycles. The molecular formula is C16H25IN4O2S. The molecule has 0 radical (unpaired) electrons. The Balaban J connectivity index is 0.00000288. The second kappa shape index (κ2) is 10.8. The summed E-state index contributed by atoms with van der Waals surface area (Å²) in [4.78, 5) is 17.7. The highest BCUT2D eigenvalue weighted by Crippen LogP contribution is 2.22. The van der Waals surface area contributed by atoms with E-state index in [4.69, 9.17) is 0 Å². The summed E-state index contributed by atoms with van der Waals surface area (Å²) in [7, 11) is 0. The molecule has 0 spiro atoms. The molecule has 1 atom stereocenters. The maximum Gasteiger partial charge on any atom is 0.274 e. The van der Waals surface area contributed by atoms with Gasteiger partial charge in [-0.1, -0.05) is 25.1 Å². The number of rotatable bonds is 5. The van der Waals surface area contributed by atoms with E-state index in [1.165, 1.54) is 6.07 Å².